The van der Waals surface area contributed by atoms with Gasteiger partial charge in [-0.1, -0.05) is 161 Å². The van der Waals surface area contributed by atoms with E-state index >= 15 is 33.3 Å². The second-order valence-corrected chi connectivity index (χ2v) is 43.2. The highest BCUT2D eigenvalue weighted by atomic mass is 31.2. The van der Waals surface area contributed by atoms with Gasteiger partial charge in [0.15, 0.2) is 34.1 Å². The van der Waals surface area contributed by atoms with Crippen molar-refractivity contribution >= 4 is 57.5 Å². The van der Waals surface area contributed by atoms with E-state index in [0.29, 0.717) is 69.2 Å². The summed E-state index contributed by atoms with van der Waals surface area (Å²) in [6, 6.07) is 25.2. The molecule has 12 heterocycles. The first-order chi connectivity index (χ1) is 62.3. The number of hydrogen-bond acceptors (Lipinski definition) is 19. The molecular formula is C93H99F9N21O10P. The molecule has 3 aromatic carbocycles. The molecule has 15 aromatic rings. The molecule has 6 atom stereocenters. The van der Waals surface area contributed by atoms with E-state index in [0.717, 1.165) is 27.7 Å². The number of phosphoric acid groups is 1. The summed E-state index contributed by atoms with van der Waals surface area (Å²) in [5.74, 6) is -2.03. The maximum absolute atomic E-state index is 19.4. The lowest BCUT2D eigenvalue weighted by molar-refractivity contribution is -0.263. The average molecular weight is 1870 g/mol. The molecule has 134 heavy (non-hydrogen) atoms. The summed E-state index contributed by atoms with van der Waals surface area (Å²) in [6.45, 7) is 26.0. The third-order valence-electron chi connectivity index (χ3n) is 26.5. The normalized spacial score (nSPS) is 18.3. The minimum Gasteiger partial charge on any atom is -0.273 e. The van der Waals surface area contributed by atoms with Crippen LogP contribution in [-0.2, 0) is 54.9 Å². The van der Waals surface area contributed by atoms with Gasteiger partial charge < -0.3 is 0 Å². The van der Waals surface area contributed by atoms with Crippen LogP contribution in [0.1, 0.15) is 213 Å². The van der Waals surface area contributed by atoms with Crippen molar-refractivity contribution in [2.24, 2.45) is 32.5 Å². The molecule has 3 aliphatic rings. The zero-order chi connectivity index (χ0) is 96.6. The van der Waals surface area contributed by atoms with E-state index in [4.69, 9.17) is 28.5 Å². The van der Waals surface area contributed by atoms with Crippen molar-refractivity contribution in [2.75, 3.05) is 0 Å². The predicted molar refractivity (Wildman–Crippen MR) is 479 cm³/mol. The molecule has 0 spiro atoms. The lowest BCUT2D eigenvalue weighted by atomic mass is 9.68. The van der Waals surface area contributed by atoms with Crippen LogP contribution >= 0.6 is 7.82 Å². The number of fused-ring (bicyclic) bond motifs is 6. The molecule has 3 N–H and O–H groups in total. The van der Waals surface area contributed by atoms with Gasteiger partial charge in [-0.3, -0.25) is 70.7 Å². The van der Waals surface area contributed by atoms with Crippen molar-refractivity contribution in [2.45, 2.75) is 235 Å². The molecule has 0 unspecified atom stereocenters. The van der Waals surface area contributed by atoms with Crippen LogP contribution < -0.4 is 33.7 Å². The van der Waals surface area contributed by atoms with Gasteiger partial charge in [-0.2, -0.15) is 70.1 Å². The zero-order valence-corrected chi connectivity index (χ0v) is 77.4. The Kier molecular flexibility index (Phi) is 21.1. The van der Waals surface area contributed by atoms with Crippen molar-refractivity contribution in [1.82, 2.24) is 102 Å². The van der Waals surface area contributed by atoms with Crippen molar-refractivity contribution in [3.05, 3.63) is 243 Å². The van der Waals surface area contributed by atoms with Crippen LogP contribution in [0.5, 0.6) is 0 Å². The number of halogens is 9. The summed E-state index contributed by atoms with van der Waals surface area (Å²) in [5.41, 5.74) is -19.5. The number of aromatic amines is 3. The zero-order valence-electron chi connectivity index (χ0n) is 76.5. The molecule has 0 radical (unpaired) electrons. The number of benzene rings is 3. The molecule has 31 nitrogen and oxygen atoms in total. The Morgan fingerprint density at radius 1 is 0.343 bits per heavy atom. The predicted octanol–water partition coefficient (Wildman–Crippen LogP) is 17.7. The van der Waals surface area contributed by atoms with E-state index in [-0.39, 0.29) is 103 Å². The highest BCUT2D eigenvalue weighted by molar-refractivity contribution is 7.48. The van der Waals surface area contributed by atoms with E-state index in [1.54, 1.807) is 211 Å². The Bertz CT molecular complexity index is 6970. The highest BCUT2D eigenvalue weighted by Crippen LogP contribution is 2.72. The van der Waals surface area contributed by atoms with Crippen molar-refractivity contribution < 1.29 is 57.7 Å². The molecule has 704 valence electrons. The summed E-state index contributed by atoms with van der Waals surface area (Å²) in [7, 11) is -6.33. The summed E-state index contributed by atoms with van der Waals surface area (Å²) in [5, 5.41) is 27.4. The lowest BCUT2D eigenvalue weighted by Gasteiger charge is -2.59. The fourth-order valence-corrected chi connectivity index (χ4v) is 24.2. The minimum atomic E-state index is -6.33. The van der Waals surface area contributed by atoms with Crippen LogP contribution in [0.2, 0.25) is 0 Å². The maximum Gasteiger partial charge on any atom is 0.481 e. The average Bonchev–Trinajstić information content (AvgIpc) is 0.959. The summed E-state index contributed by atoms with van der Waals surface area (Å²) < 4.78 is 179. The van der Waals surface area contributed by atoms with Crippen LogP contribution in [0.25, 0.3) is 83.4 Å². The maximum atomic E-state index is 19.4. The Hall–Kier alpha value is -12.6. The molecule has 0 aliphatic heterocycles. The second-order valence-electron chi connectivity index (χ2n) is 41.7. The first-order valence-electron chi connectivity index (χ1n) is 43.7. The van der Waals surface area contributed by atoms with Crippen LogP contribution in [0, 0.1) is 32.5 Å². The smallest absolute Gasteiger partial charge is 0.273 e. The van der Waals surface area contributed by atoms with Gasteiger partial charge in [-0.25, -0.2) is 47.4 Å². The molecule has 3 fully saturated rings. The number of rotatable bonds is 21. The van der Waals surface area contributed by atoms with Crippen LogP contribution in [0.4, 0.5) is 39.5 Å². The summed E-state index contributed by atoms with van der Waals surface area (Å²) >= 11 is 0. The number of nitrogens with zero attached hydrogens (tertiary/aromatic N) is 18. The molecule has 18 rings (SSSR count). The molecule has 0 saturated heterocycles. The number of aromatic nitrogens is 21. The van der Waals surface area contributed by atoms with Crippen molar-refractivity contribution in [3.8, 4) is 33.8 Å². The van der Waals surface area contributed by atoms with Gasteiger partial charge in [-0.05, 0) is 90.1 Å². The summed E-state index contributed by atoms with van der Waals surface area (Å²) in [4.78, 5) is 116. The van der Waals surface area contributed by atoms with Crippen molar-refractivity contribution in [1.29, 1.82) is 0 Å². The van der Waals surface area contributed by atoms with Gasteiger partial charge in [0.05, 0.1) is 105 Å². The largest absolute Gasteiger partial charge is 0.481 e. The van der Waals surface area contributed by atoms with Crippen LogP contribution in [0.15, 0.2) is 176 Å². The first kappa shape index (κ1) is 91.9. The Morgan fingerprint density at radius 2 is 0.590 bits per heavy atom. The van der Waals surface area contributed by atoms with E-state index in [2.05, 4.69) is 45.5 Å². The second kappa shape index (κ2) is 30.7. The van der Waals surface area contributed by atoms with Gasteiger partial charge >= 0.3 is 43.4 Å². The standard InChI is InChI=1S/C93H99F9N21O10P/c1-82(2,3)91(83(4,5)6,115-43-61(76(124)112-79(115)127)64-37-70(121-73(109-64)25-28-103-121)58-34-55(58)49-19-22-52-40-106-118(67(52)31-49)46-88(94,95)96)131-134(130,132-92(84(7,8)9,85(10,11)12)116-44-62(77(125)113-80(116)128)65-38-71(122-74(110-65)26-29-104-122)59-35-56(59)50-20-23-53-41-107-119(68(53)32-50)47-89(97,98)99)133-93(86(13,14)15,87(16,17)18)117-45-63(78(126)114-81(117)129)66-39-72(123-75(111-66)27-30-105-123)60-36-57(60)51-21-24-54-42-108-120(69(54)33-51)48-90(100,101)102/h19-33,37-45,55-60H,34-36,46-48H2,1-18H3,(H,112,124,127)(H,113,125,128)(H,114,126,129)/t55-,56-,57-,58+,59+,60+/m1/s1. The topological polar surface area (TPSA) is 353 Å². The first-order valence-corrected chi connectivity index (χ1v) is 45.2. The van der Waals surface area contributed by atoms with Crippen LogP contribution in [0.3, 0.4) is 0 Å². The summed E-state index contributed by atoms with van der Waals surface area (Å²) in [6.07, 6.45) is -0.124. The SMILES string of the molecule is CC(C)(C)C(OP(=O)(OC(n1cc(-c2cc([C@H]3C[C@@H]3c3ccc4cnn(CC(F)(F)F)c4c3)n3nccc3n2)c(=O)[nH]c1=O)(C(C)(C)C)C(C)(C)C)OC(n1cc(-c2cc([C@H]3C[C@@H]3c3ccc4cnn(CC(F)(F)F)c4c3)n3nccc3n2)c(=O)[nH]c1=O)(C(C)(C)C)C(C)(C)C)(n1cc(-c2cc([C@H]3C[C@@H]3c3ccc4cnn(CC(F)(F)F)c4c3)n3nccc3n2)c(=O)[nH]c1=O)C(C)(C)C. The van der Waals surface area contributed by atoms with Crippen LogP contribution in [-0.4, -0.2) is 120 Å². The fraction of sp³-hybridized carbons (Fsp3) is 0.452. The van der Waals surface area contributed by atoms with Gasteiger partial charge in [0.25, 0.3) is 16.7 Å². The minimum absolute atomic E-state index is 0.0138. The molecular weight excluding hydrogens is 1770 g/mol. The monoisotopic (exact) mass is 1870 g/mol. The number of alkyl halides is 9. The molecule has 12 aromatic heterocycles. The van der Waals surface area contributed by atoms with Gasteiger partial charge in [0, 0.05) is 103 Å². The molecule has 0 bridgehead atoms. The number of hydrogen-bond donors (Lipinski definition) is 3. The van der Waals surface area contributed by atoms with Crippen molar-refractivity contribution in [3.63, 3.8) is 0 Å². The van der Waals surface area contributed by atoms with E-state index < -0.39 is 129 Å². The Morgan fingerprint density at radius 3 is 0.821 bits per heavy atom. The Balaban J connectivity index is 0.822. The number of phosphoric ester groups is 1. The van der Waals surface area contributed by atoms with Gasteiger partial charge in [0.1, 0.15) is 19.6 Å². The van der Waals surface area contributed by atoms with E-state index in [1.807, 2.05) is 18.2 Å². The molecule has 3 aliphatic carbocycles. The number of H-pyrrole nitrogens is 3. The third-order valence-corrected chi connectivity index (χ3v) is 27.9. The molecule has 41 heteroatoms. The highest BCUT2D eigenvalue weighted by Gasteiger charge is 2.68. The molecule has 0 amide bonds. The van der Waals surface area contributed by atoms with Gasteiger partial charge in [-0.15, -0.1) is 0 Å². The fourth-order valence-electron chi connectivity index (χ4n) is 21.2. The van der Waals surface area contributed by atoms with Gasteiger partial charge in [0.2, 0.25) is 0 Å². The number of nitrogens with one attached hydrogen (secondary N) is 3. The van der Waals surface area contributed by atoms with E-state index in [9.17, 15) is 39.5 Å². The molecule has 3 saturated carbocycles. The lowest BCUT2D eigenvalue weighted by Crippen LogP contribution is -2.64. The third kappa shape index (κ3) is 15.7. The Labute approximate surface area is 757 Å². The quantitative estimate of drug-likeness (QED) is 0.0444. The van der Waals surface area contributed by atoms with E-state index in [1.165, 1.54) is 55.8 Å².